The summed E-state index contributed by atoms with van der Waals surface area (Å²) in [6.45, 7) is 8.44. The van der Waals surface area contributed by atoms with Crippen LogP contribution in [0.4, 0.5) is 0 Å². The van der Waals surface area contributed by atoms with Crippen LogP contribution in [-0.2, 0) is 31.3 Å². The normalized spacial score (nSPS) is 15.5. The maximum absolute atomic E-state index is 13.0. The van der Waals surface area contributed by atoms with Crippen LogP contribution in [0.5, 0.6) is 0 Å². The predicted molar refractivity (Wildman–Crippen MR) is 130 cm³/mol. The van der Waals surface area contributed by atoms with Crippen LogP contribution < -0.4 is 5.32 Å². The molecule has 0 saturated heterocycles. The van der Waals surface area contributed by atoms with Crippen LogP contribution >= 0.6 is 0 Å². The first-order valence-electron chi connectivity index (χ1n) is 11.4. The molecule has 168 valence electrons. The zero-order valence-corrected chi connectivity index (χ0v) is 19.6. The first-order chi connectivity index (χ1) is 15.7. The van der Waals surface area contributed by atoms with E-state index in [1.807, 2.05) is 45.6 Å². The summed E-state index contributed by atoms with van der Waals surface area (Å²) in [5, 5.41) is 14.3. The minimum absolute atomic E-state index is 0.00155. The summed E-state index contributed by atoms with van der Waals surface area (Å²) in [6, 6.07) is 6.33. The Morgan fingerprint density at radius 2 is 2.00 bits per heavy atom. The molecule has 0 unspecified atom stereocenters. The molecule has 0 radical (unpaired) electrons. The second kappa shape index (κ2) is 6.70. The van der Waals surface area contributed by atoms with Gasteiger partial charge in [-0.15, -0.1) is 0 Å². The summed E-state index contributed by atoms with van der Waals surface area (Å²) in [6.07, 6.45) is 3.77. The number of carbonyl (C=O) groups is 1. The van der Waals surface area contributed by atoms with Gasteiger partial charge in [-0.25, -0.2) is 0 Å². The third-order valence-corrected chi connectivity index (χ3v) is 6.57. The molecule has 2 aliphatic rings. The standard InChI is InChI=1S/C26H27N5O2/c1-13(30-33-26(2,3)4)14-6-8-19-16(10-14)22-17-11-27-25(32)23(17)21-15(24(22)28-19)7-9-20-18(21)12-31(5)29-20/h6,8,10,12,28H,7,9,11H2,1-5H3,(H,27,32)/b30-13+. The maximum Gasteiger partial charge on any atom is 0.252 e. The van der Waals surface area contributed by atoms with Crippen LogP contribution in [-0.4, -0.2) is 32.0 Å². The van der Waals surface area contributed by atoms with E-state index in [1.54, 1.807) is 0 Å². The minimum Gasteiger partial charge on any atom is -0.390 e. The van der Waals surface area contributed by atoms with Crippen molar-refractivity contribution in [2.75, 3.05) is 0 Å². The van der Waals surface area contributed by atoms with Gasteiger partial charge in [0.25, 0.3) is 5.91 Å². The topological polar surface area (TPSA) is 84.3 Å². The van der Waals surface area contributed by atoms with Crippen molar-refractivity contribution in [1.29, 1.82) is 0 Å². The van der Waals surface area contributed by atoms with Crippen molar-refractivity contribution in [3.05, 3.63) is 52.3 Å². The smallest absolute Gasteiger partial charge is 0.252 e. The lowest BCUT2D eigenvalue weighted by molar-refractivity contribution is 0.000954. The Labute approximate surface area is 191 Å². The van der Waals surface area contributed by atoms with Crippen molar-refractivity contribution in [3.8, 4) is 11.1 Å². The average molecular weight is 442 g/mol. The summed E-state index contributed by atoms with van der Waals surface area (Å²) in [4.78, 5) is 22.3. The molecule has 2 aromatic carbocycles. The van der Waals surface area contributed by atoms with E-state index in [0.717, 1.165) is 73.9 Å². The molecule has 7 heteroatoms. The molecule has 33 heavy (non-hydrogen) atoms. The highest BCUT2D eigenvalue weighted by atomic mass is 16.6. The van der Waals surface area contributed by atoms with Gasteiger partial charge in [-0.3, -0.25) is 9.48 Å². The number of nitrogens with zero attached hydrogens (tertiary/aromatic N) is 3. The number of aromatic nitrogens is 3. The molecule has 1 aliphatic carbocycles. The van der Waals surface area contributed by atoms with Crippen LogP contribution in [0.25, 0.3) is 32.9 Å². The van der Waals surface area contributed by atoms with Gasteiger partial charge in [0, 0.05) is 47.2 Å². The molecular weight excluding hydrogens is 414 g/mol. The molecule has 3 heterocycles. The first-order valence-corrected chi connectivity index (χ1v) is 11.4. The van der Waals surface area contributed by atoms with Gasteiger partial charge < -0.3 is 15.1 Å². The largest absolute Gasteiger partial charge is 0.390 e. The van der Waals surface area contributed by atoms with Crippen molar-refractivity contribution < 1.29 is 9.63 Å². The lowest BCUT2D eigenvalue weighted by Crippen LogP contribution is -2.16. The first kappa shape index (κ1) is 20.0. The second-order valence-corrected chi connectivity index (χ2v) is 10.1. The number of hydrogen-bond acceptors (Lipinski definition) is 4. The SMILES string of the molecule is C/C(=N\OC(C)(C)C)c1ccc2[nH]c3c4c(c5c(c3c2c1)CNC5=O)-c1cn(C)nc1CC4. The minimum atomic E-state index is -0.344. The fraction of sp³-hybridized carbons (Fsp3) is 0.346. The second-order valence-electron chi connectivity index (χ2n) is 10.1. The van der Waals surface area contributed by atoms with E-state index in [9.17, 15) is 4.79 Å². The molecule has 2 aromatic heterocycles. The summed E-state index contributed by atoms with van der Waals surface area (Å²) in [7, 11) is 1.94. The molecule has 7 nitrogen and oxygen atoms in total. The maximum atomic E-state index is 13.0. The summed E-state index contributed by atoms with van der Waals surface area (Å²) in [5.74, 6) is 0.00155. The van der Waals surface area contributed by atoms with E-state index >= 15 is 0 Å². The van der Waals surface area contributed by atoms with Gasteiger partial charge in [0.2, 0.25) is 0 Å². The Morgan fingerprint density at radius 1 is 1.18 bits per heavy atom. The Morgan fingerprint density at radius 3 is 2.79 bits per heavy atom. The predicted octanol–water partition coefficient (Wildman–Crippen LogP) is 4.60. The summed E-state index contributed by atoms with van der Waals surface area (Å²) in [5.41, 5.74) is 9.94. The molecule has 4 aromatic rings. The number of H-pyrrole nitrogens is 1. The van der Waals surface area contributed by atoms with E-state index in [2.05, 4.69) is 38.8 Å². The zero-order chi connectivity index (χ0) is 23.1. The number of aromatic amines is 1. The van der Waals surface area contributed by atoms with Crippen LogP contribution in [0.3, 0.4) is 0 Å². The van der Waals surface area contributed by atoms with Gasteiger partial charge in [-0.1, -0.05) is 11.2 Å². The lowest BCUT2D eigenvalue weighted by atomic mass is 9.83. The average Bonchev–Trinajstić information content (AvgIpc) is 3.44. The van der Waals surface area contributed by atoms with E-state index in [4.69, 9.17) is 4.84 Å². The number of rotatable bonds is 2. The molecule has 0 fully saturated rings. The van der Waals surface area contributed by atoms with Crippen molar-refractivity contribution in [1.82, 2.24) is 20.1 Å². The van der Waals surface area contributed by atoms with Crippen molar-refractivity contribution >= 4 is 33.4 Å². The third-order valence-electron chi connectivity index (χ3n) is 6.57. The van der Waals surface area contributed by atoms with Gasteiger partial charge in [0.15, 0.2) is 0 Å². The Balaban J connectivity index is 1.63. The highest BCUT2D eigenvalue weighted by Gasteiger charge is 2.34. The monoisotopic (exact) mass is 441 g/mol. The zero-order valence-electron chi connectivity index (χ0n) is 19.6. The number of carbonyl (C=O) groups excluding carboxylic acids is 1. The van der Waals surface area contributed by atoms with Gasteiger partial charge in [-0.05, 0) is 69.4 Å². The number of fused-ring (bicyclic) bond motifs is 10. The third kappa shape index (κ3) is 2.98. The van der Waals surface area contributed by atoms with Gasteiger partial charge in [-0.2, -0.15) is 5.10 Å². The Hall–Kier alpha value is -3.61. The van der Waals surface area contributed by atoms with Crippen LogP contribution in [0.15, 0.2) is 29.6 Å². The number of aryl methyl sites for hydroxylation is 3. The molecular formula is C26H27N5O2. The van der Waals surface area contributed by atoms with E-state index in [0.29, 0.717) is 6.54 Å². The number of hydrogen-bond donors (Lipinski definition) is 2. The summed E-state index contributed by atoms with van der Waals surface area (Å²) >= 11 is 0. The number of amides is 1. The molecule has 2 N–H and O–H groups in total. The number of oxime groups is 1. The van der Waals surface area contributed by atoms with E-state index in [-0.39, 0.29) is 11.5 Å². The fourth-order valence-electron chi connectivity index (χ4n) is 5.17. The van der Waals surface area contributed by atoms with Gasteiger partial charge in [0.05, 0.1) is 22.5 Å². The molecule has 1 amide bonds. The molecule has 0 atom stereocenters. The lowest BCUT2D eigenvalue weighted by Gasteiger charge is -2.19. The Kier molecular flexibility index (Phi) is 4.07. The molecule has 0 spiro atoms. The Bertz CT molecular complexity index is 1510. The number of nitrogens with one attached hydrogen (secondary N) is 2. The highest BCUT2D eigenvalue weighted by molar-refractivity contribution is 6.19. The quantitative estimate of drug-likeness (QED) is 0.352. The van der Waals surface area contributed by atoms with Crippen molar-refractivity contribution in [2.24, 2.45) is 12.2 Å². The summed E-state index contributed by atoms with van der Waals surface area (Å²) < 4.78 is 1.85. The van der Waals surface area contributed by atoms with Gasteiger partial charge in [0.1, 0.15) is 5.60 Å². The van der Waals surface area contributed by atoms with E-state index < -0.39 is 0 Å². The fourth-order valence-corrected chi connectivity index (χ4v) is 5.17. The van der Waals surface area contributed by atoms with Crippen molar-refractivity contribution in [2.45, 2.75) is 52.7 Å². The van der Waals surface area contributed by atoms with Crippen LogP contribution in [0.2, 0.25) is 0 Å². The molecule has 1 aliphatic heterocycles. The highest BCUT2D eigenvalue weighted by Crippen LogP contribution is 2.45. The van der Waals surface area contributed by atoms with Crippen LogP contribution in [0, 0.1) is 0 Å². The van der Waals surface area contributed by atoms with Gasteiger partial charge >= 0.3 is 0 Å². The molecule has 0 saturated carbocycles. The molecule has 0 bridgehead atoms. The van der Waals surface area contributed by atoms with E-state index in [1.165, 1.54) is 5.56 Å². The molecule has 6 rings (SSSR count). The number of benzene rings is 2. The van der Waals surface area contributed by atoms with Crippen molar-refractivity contribution in [3.63, 3.8) is 0 Å². The van der Waals surface area contributed by atoms with Crippen LogP contribution in [0.1, 0.15) is 60.4 Å².